The quantitative estimate of drug-likeness (QED) is 0.678. The third-order valence-electron chi connectivity index (χ3n) is 3.26. The Bertz CT molecular complexity index is 318. The molecule has 0 saturated carbocycles. The molecule has 1 fully saturated rings. The zero-order chi connectivity index (χ0) is 11.4. The molecule has 2 atom stereocenters. The van der Waals surface area contributed by atoms with Crippen LogP contribution in [0, 0.1) is 0 Å². The van der Waals surface area contributed by atoms with Gasteiger partial charge in [0.25, 0.3) is 0 Å². The van der Waals surface area contributed by atoms with E-state index in [0.717, 1.165) is 25.2 Å². The molecular formula is C13H21N3. The average Bonchev–Trinajstić information content (AvgIpc) is 2.31. The van der Waals surface area contributed by atoms with E-state index in [1.54, 1.807) is 0 Å². The summed E-state index contributed by atoms with van der Waals surface area (Å²) in [6, 6.07) is 8.32. The Kier molecular flexibility index (Phi) is 3.80. The molecule has 0 aliphatic carbocycles. The number of hydrogen-bond acceptors (Lipinski definition) is 3. The van der Waals surface area contributed by atoms with Gasteiger partial charge in [0.15, 0.2) is 0 Å². The van der Waals surface area contributed by atoms with Gasteiger partial charge in [0.05, 0.1) is 6.17 Å². The van der Waals surface area contributed by atoms with E-state index in [1.807, 2.05) is 12.1 Å². The van der Waals surface area contributed by atoms with E-state index in [9.17, 15) is 0 Å². The molecule has 3 heteroatoms. The van der Waals surface area contributed by atoms with Crippen LogP contribution in [-0.2, 0) is 0 Å². The minimum Gasteiger partial charge on any atom is -0.399 e. The predicted octanol–water partition coefficient (Wildman–Crippen LogP) is 1.67. The van der Waals surface area contributed by atoms with Crippen molar-refractivity contribution in [3.05, 3.63) is 29.8 Å². The lowest BCUT2D eigenvalue weighted by molar-refractivity contribution is 0.319. The zero-order valence-corrected chi connectivity index (χ0v) is 9.87. The van der Waals surface area contributed by atoms with Gasteiger partial charge in [-0.1, -0.05) is 19.1 Å². The van der Waals surface area contributed by atoms with Gasteiger partial charge in [0.1, 0.15) is 0 Å². The van der Waals surface area contributed by atoms with Crippen molar-refractivity contribution in [2.24, 2.45) is 0 Å². The summed E-state index contributed by atoms with van der Waals surface area (Å²) in [4.78, 5) is 0. The molecule has 0 amide bonds. The molecule has 0 aromatic heterocycles. The van der Waals surface area contributed by atoms with E-state index >= 15 is 0 Å². The lowest BCUT2D eigenvalue weighted by Gasteiger charge is -2.31. The van der Waals surface area contributed by atoms with Crippen LogP contribution in [0.25, 0.3) is 0 Å². The van der Waals surface area contributed by atoms with E-state index in [1.165, 1.54) is 12.0 Å². The van der Waals surface area contributed by atoms with E-state index in [4.69, 9.17) is 5.73 Å². The van der Waals surface area contributed by atoms with Crippen LogP contribution in [0.15, 0.2) is 24.3 Å². The molecule has 2 unspecified atom stereocenters. The molecule has 1 heterocycles. The Labute approximate surface area is 97.4 Å². The Hall–Kier alpha value is -1.06. The minimum atomic E-state index is 0.460. The summed E-state index contributed by atoms with van der Waals surface area (Å²) in [5, 5.41) is 6.96. The van der Waals surface area contributed by atoms with Crippen LogP contribution in [0.5, 0.6) is 0 Å². The summed E-state index contributed by atoms with van der Waals surface area (Å²) in [5.41, 5.74) is 7.97. The van der Waals surface area contributed by atoms with Crippen LogP contribution in [0.3, 0.4) is 0 Å². The lowest BCUT2D eigenvalue weighted by atomic mass is 9.88. The van der Waals surface area contributed by atoms with E-state index in [0.29, 0.717) is 12.1 Å². The second-order valence-electron chi connectivity index (χ2n) is 4.45. The third-order valence-corrected chi connectivity index (χ3v) is 3.26. The molecule has 1 aromatic carbocycles. The van der Waals surface area contributed by atoms with Crippen molar-refractivity contribution in [2.45, 2.75) is 31.8 Å². The standard InChI is InChI=1S/C13H21N3/c1-2-15-13-9-11(7-8-16-13)10-3-5-12(14)6-4-10/h3-6,11,13,15-16H,2,7-9,14H2,1H3. The molecule has 1 aliphatic heterocycles. The molecular weight excluding hydrogens is 198 g/mol. The number of hydrogen-bond donors (Lipinski definition) is 3. The first-order chi connectivity index (χ1) is 7.79. The van der Waals surface area contributed by atoms with Crippen LogP contribution in [0.2, 0.25) is 0 Å². The Morgan fingerprint density at radius 3 is 2.81 bits per heavy atom. The van der Waals surface area contributed by atoms with Crippen LogP contribution in [-0.4, -0.2) is 19.3 Å². The van der Waals surface area contributed by atoms with E-state index < -0.39 is 0 Å². The highest BCUT2D eigenvalue weighted by molar-refractivity contribution is 5.40. The van der Waals surface area contributed by atoms with Gasteiger partial charge in [-0.15, -0.1) is 0 Å². The summed E-state index contributed by atoms with van der Waals surface area (Å²) < 4.78 is 0. The molecule has 1 aromatic rings. The van der Waals surface area contributed by atoms with Gasteiger partial charge in [0, 0.05) is 5.69 Å². The van der Waals surface area contributed by atoms with Crippen molar-refractivity contribution in [3.8, 4) is 0 Å². The smallest absolute Gasteiger partial charge is 0.0577 e. The average molecular weight is 219 g/mol. The number of anilines is 1. The van der Waals surface area contributed by atoms with Crippen molar-refractivity contribution in [3.63, 3.8) is 0 Å². The summed E-state index contributed by atoms with van der Waals surface area (Å²) in [5.74, 6) is 0.658. The number of nitrogen functional groups attached to an aromatic ring is 1. The molecule has 2 rings (SSSR count). The molecule has 4 N–H and O–H groups in total. The topological polar surface area (TPSA) is 50.1 Å². The van der Waals surface area contributed by atoms with Gasteiger partial charge in [-0.25, -0.2) is 0 Å². The lowest BCUT2D eigenvalue weighted by Crippen LogP contribution is -2.47. The van der Waals surface area contributed by atoms with Crippen LogP contribution in [0.4, 0.5) is 5.69 Å². The van der Waals surface area contributed by atoms with Gasteiger partial charge < -0.3 is 16.4 Å². The molecule has 88 valence electrons. The molecule has 16 heavy (non-hydrogen) atoms. The monoisotopic (exact) mass is 219 g/mol. The van der Waals surface area contributed by atoms with Gasteiger partial charge in [0.2, 0.25) is 0 Å². The van der Waals surface area contributed by atoms with Crippen molar-refractivity contribution in [1.82, 2.24) is 10.6 Å². The first-order valence-corrected chi connectivity index (χ1v) is 6.12. The van der Waals surface area contributed by atoms with E-state index in [2.05, 4.69) is 29.7 Å². The molecule has 0 radical (unpaired) electrons. The fourth-order valence-electron chi connectivity index (χ4n) is 2.39. The van der Waals surface area contributed by atoms with Crippen LogP contribution >= 0.6 is 0 Å². The van der Waals surface area contributed by atoms with Crippen molar-refractivity contribution < 1.29 is 0 Å². The number of nitrogens with two attached hydrogens (primary N) is 1. The van der Waals surface area contributed by atoms with Crippen molar-refractivity contribution in [1.29, 1.82) is 0 Å². The first-order valence-electron chi connectivity index (χ1n) is 6.12. The maximum Gasteiger partial charge on any atom is 0.0577 e. The molecule has 1 aliphatic rings. The summed E-state index contributed by atoms with van der Waals surface area (Å²) in [6.07, 6.45) is 2.84. The maximum atomic E-state index is 5.71. The fourth-order valence-corrected chi connectivity index (χ4v) is 2.39. The molecule has 1 saturated heterocycles. The number of rotatable bonds is 3. The summed E-state index contributed by atoms with van der Waals surface area (Å²) in [6.45, 7) is 4.26. The summed E-state index contributed by atoms with van der Waals surface area (Å²) >= 11 is 0. The molecule has 0 spiro atoms. The van der Waals surface area contributed by atoms with Crippen LogP contribution < -0.4 is 16.4 Å². The van der Waals surface area contributed by atoms with Crippen molar-refractivity contribution >= 4 is 5.69 Å². The van der Waals surface area contributed by atoms with Crippen molar-refractivity contribution in [2.75, 3.05) is 18.8 Å². The largest absolute Gasteiger partial charge is 0.399 e. The summed E-state index contributed by atoms with van der Waals surface area (Å²) in [7, 11) is 0. The Morgan fingerprint density at radius 2 is 2.12 bits per heavy atom. The fraction of sp³-hybridized carbons (Fsp3) is 0.538. The zero-order valence-electron chi connectivity index (χ0n) is 9.87. The minimum absolute atomic E-state index is 0.460. The highest BCUT2D eigenvalue weighted by atomic mass is 15.1. The maximum absolute atomic E-state index is 5.71. The highest BCUT2D eigenvalue weighted by Gasteiger charge is 2.21. The SMILES string of the molecule is CCNC1CC(c2ccc(N)cc2)CCN1. The number of benzene rings is 1. The number of nitrogens with one attached hydrogen (secondary N) is 2. The normalized spacial score (nSPS) is 25.6. The van der Waals surface area contributed by atoms with Crippen LogP contribution in [0.1, 0.15) is 31.2 Å². The third kappa shape index (κ3) is 2.74. The second-order valence-corrected chi connectivity index (χ2v) is 4.45. The van der Waals surface area contributed by atoms with Gasteiger partial charge in [-0.05, 0) is 49.5 Å². The molecule has 3 nitrogen and oxygen atoms in total. The number of piperidine rings is 1. The molecule has 0 bridgehead atoms. The first kappa shape index (κ1) is 11.4. The van der Waals surface area contributed by atoms with Gasteiger partial charge in [-0.2, -0.15) is 0 Å². The predicted molar refractivity (Wildman–Crippen MR) is 68.3 cm³/mol. The van der Waals surface area contributed by atoms with Gasteiger partial charge in [-0.3, -0.25) is 0 Å². The second kappa shape index (κ2) is 5.32. The highest BCUT2D eigenvalue weighted by Crippen LogP contribution is 2.27. The van der Waals surface area contributed by atoms with E-state index in [-0.39, 0.29) is 0 Å². The Balaban J connectivity index is 2.01. The van der Waals surface area contributed by atoms with Gasteiger partial charge >= 0.3 is 0 Å². The Morgan fingerprint density at radius 1 is 1.38 bits per heavy atom.